The molecule has 8 nitrogen and oxygen atoms in total. The molecular formula is C21H26N4O4. The van der Waals surface area contributed by atoms with Crippen molar-refractivity contribution in [3.05, 3.63) is 47.8 Å². The van der Waals surface area contributed by atoms with Crippen LogP contribution in [0, 0.1) is 0 Å². The number of carboxylic acid groups (broad SMARTS) is 1. The molecule has 1 heterocycles. The van der Waals surface area contributed by atoms with Gasteiger partial charge in [0.15, 0.2) is 0 Å². The summed E-state index contributed by atoms with van der Waals surface area (Å²) in [6, 6.07) is 7.29. The summed E-state index contributed by atoms with van der Waals surface area (Å²) >= 11 is 0. The SMILES string of the molecule is O=C(O)CCc1ccc(NC(=O)c2cnn(CC(=O)NC3CCCCC3)c2)cc1. The summed E-state index contributed by atoms with van der Waals surface area (Å²) in [4.78, 5) is 35.2. The molecule has 1 aromatic heterocycles. The standard InChI is InChI=1S/C21H26N4O4/c26-19(23-17-4-2-1-3-5-17)14-25-13-16(12-22-25)21(29)24-18-9-6-15(7-10-18)8-11-20(27)28/h6-7,9-10,12-13,17H,1-5,8,11,14H2,(H,23,26)(H,24,29)(H,27,28). The van der Waals surface area contributed by atoms with Gasteiger partial charge in [0.2, 0.25) is 5.91 Å². The lowest BCUT2D eigenvalue weighted by molar-refractivity contribution is -0.137. The van der Waals surface area contributed by atoms with Gasteiger partial charge >= 0.3 is 5.97 Å². The highest BCUT2D eigenvalue weighted by molar-refractivity contribution is 6.03. The van der Waals surface area contributed by atoms with Crippen LogP contribution in [0.25, 0.3) is 0 Å². The topological polar surface area (TPSA) is 113 Å². The predicted molar refractivity (Wildman–Crippen MR) is 108 cm³/mol. The number of hydrogen-bond acceptors (Lipinski definition) is 4. The highest BCUT2D eigenvalue weighted by Crippen LogP contribution is 2.17. The van der Waals surface area contributed by atoms with Crippen LogP contribution < -0.4 is 10.6 Å². The third-order valence-electron chi connectivity index (χ3n) is 5.01. The van der Waals surface area contributed by atoms with Crippen molar-refractivity contribution in [3.63, 3.8) is 0 Å². The van der Waals surface area contributed by atoms with Crippen LogP contribution in [0.3, 0.4) is 0 Å². The van der Waals surface area contributed by atoms with E-state index in [1.54, 1.807) is 30.5 Å². The average molecular weight is 398 g/mol. The molecular weight excluding hydrogens is 372 g/mol. The Kier molecular flexibility index (Phi) is 6.99. The van der Waals surface area contributed by atoms with Crippen molar-refractivity contribution in [2.45, 2.75) is 57.5 Å². The second kappa shape index (κ2) is 9.86. The molecule has 1 saturated carbocycles. The number of amides is 2. The van der Waals surface area contributed by atoms with Crippen molar-refractivity contribution < 1.29 is 19.5 Å². The molecule has 8 heteroatoms. The number of benzene rings is 1. The summed E-state index contributed by atoms with van der Waals surface area (Å²) in [7, 11) is 0. The van der Waals surface area contributed by atoms with Crippen LogP contribution in [0.4, 0.5) is 5.69 Å². The van der Waals surface area contributed by atoms with Gasteiger partial charge in [0.25, 0.3) is 5.91 Å². The lowest BCUT2D eigenvalue weighted by Crippen LogP contribution is -2.38. The zero-order chi connectivity index (χ0) is 20.6. The van der Waals surface area contributed by atoms with Crippen LogP contribution in [0.2, 0.25) is 0 Å². The molecule has 1 aliphatic rings. The van der Waals surface area contributed by atoms with Gasteiger partial charge in [-0.2, -0.15) is 5.10 Å². The molecule has 3 rings (SSSR count). The van der Waals surface area contributed by atoms with Crippen molar-refractivity contribution >= 4 is 23.5 Å². The molecule has 2 aromatic rings. The second-order valence-electron chi connectivity index (χ2n) is 7.37. The van der Waals surface area contributed by atoms with Crippen molar-refractivity contribution in [3.8, 4) is 0 Å². The van der Waals surface area contributed by atoms with E-state index in [4.69, 9.17) is 5.11 Å². The number of rotatable bonds is 8. The normalized spacial score (nSPS) is 14.3. The summed E-state index contributed by atoms with van der Waals surface area (Å²) in [5.41, 5.74) is 1.87. The van der Waals surface area contributed by atoms with Gasteiger partial charge in [0.05, 0.1) is 11.8 Å². The molecule has 0 saturated heterocycles. The fraction of sp³-hybridized carbons (Fsp3) is 0.429. The van der Waals surface area contributed by atoms with Gasteiger partial charge in [0, 0.05) is 24.3 Å². The minimum atomic E-state index is -0.841. The maximum Gasteiger partial charge on any atom is 0.303 e. The summed E-state index contributed by atoms with van der Waals surface area (Å²) in [5.74, 6) is -1.25. The Morgan fingerprint density at radius 1 is 1.10 bits per heavy atom. The lowest BCUT2D eigenvalue weighted by Gasteiger charge is -2.22. The van der Waals surface area contributed by atoms with Gasteiger partial charge in [-0.3, -0.25) is 19.1 Å². The highest BCUT2D eigenvalue weighted by atomic mass is 16.4. The monoisotopic (exact) mass is 398 g/mol. The number of nitrogens with zero attached hydrogens (tertiary/aromatic N) is 2. The summed E-state index contributed by atoms with van der Waals surface area (Å²) < 4.78 is 1.46. The fourth-order valence-corrected chi connectivity index (χ4v) is 3.44. The third kappa shape index (κ3) is 6.44. The molecule has 0 bridgehead atoms. The maximum atomic E-state index is 12.4. The first kappa shape index (κ1) is 20.6. The predicted octanol–water partition coefficient (Wildman–Crippen LogP) is 2.60. The Morgan fingerprint density at radius 3 is 2.52 bits per heavy atom. The Morgan fingerprint density at radius 2 is 1.83 bits per heavy atom. The first-order valence-electron chi connectivity index (χ1n) is 9.93. The van der Waals surface area contributed by atoms with E-state index in [1.807, 2.05) is 0 Å². The van der Waals surface area contributed by atoms with E-state index in [0.717, 1.165) is 31.2 Å². The summed E-state index contributed by atoms with van der Waals surface area (Å²) in [6.45, 7) is 0.0854. The molecule has 0 radical (unpaired) electrons. The van der Waals surface area contributed by atoms with Gasteiger partial charge in [-0.25, -0.2) is 0 Å². The Labute approximate surface area is 169 Å². The molecule has 0 unspecified atom stereocenters. The molecule has 0 spiro atoms. The van der Waals surface area contributed by atoms with E-state index in [0.29, 0.717) is 17.7 Å². The number of carbonyl (C=O) groups excluding carboxylic acids is 2. The van der Waals surface area contributed by atoms with E-state index in [2.05, 4.69) is 15.7 Å². The van der Waals surface area contributed by atoms with Crippen LogP contribution in [-0.4, -0.2) is 38.7 Å². The molecule has 29 heavy (non-hydrogen) atoms. The summed E-state index contributed by atoms with van der Waals surface area (Å²) in [6.07, 6.45) is 9.07. The first-order valence-corrected chi connectivity index (χ1v) is 9.93. The van der Waals surface area contributed by atoms with Gasteiger partial charge in [-0.05, 0) is 37.0 Å². The number of aryl methyl sites for hydroxylation is 1. The largest absolute Gasteiger partial charge is 0.481 e. The van der Waals surface area contributed by atoms with Crippen molar-refractivity contribution in [1.29, 1.82) is 0 Å². The van der Waals surface area contributed by atoms with Crippen LogP contribution in [-0.2, 0) is 22.6 Å². The minimum absolute atomic E-state index is 0.0687. The van der Waals surface area contributed by atoms with Crippen LogP contribution >= 0.6 is 0 Å². The van der Waals surface area contributed by atoms with Crippen molar-refractivity contribution in [2.75, 3.05) is 5.32 Å². The molecule has 0 aliphatic heterocycles. The van der Waals surface area contributed by atoms with E-state index in [9.17, 15) is 14.4 Å². The zero-order valence-electron chi connectivity index (χ0n) is 16.3. The van der Waals surface area contributed by atoms with Gasteiger partial charge in [-0.1, -0.05) is 31.4 Å². The van der Waals surface area contributed by atoms with Crippen molar-refractivity contribution in [2.24, 2.45) is 0 Å². The van der Waals surface area contributed by atoms with E-state index >= 15 is 0 Å². The number of aliphatic carboxylic acids is 1. The number of hydrogen-bond donors (Lipinski definition) is 3. The van der Waals surface area contributed by atoms with Gasteiger partial charge < -0.3 is 15.7 Å². The number of anilines is 1. The third-order valence-corrected chi connectivity index (χ3v) is 5.01. The van der Waals surface area contributed by atoms with Crippen LogP contribution in [0.15, 0.2) is 36.7 Å². The minimum Gasteiger partial charge on any atom is -0.481 e. The molecule has 1 aromatic carbocycles. The molecule has 2 amide bonds. The van der Waals surface area contributed by atoms with E-state index < -0.39 is 5.97 Å². The molecule has 1 fully saturated rings. The Hall–Kier alpha value is -3.16. The molecule has 3 N–H and O–H groups in total. The maximum absolute atomic E-state index is 12.4. The second-order valence-corrected chi connectivity index (χ2v) is 7.37. The number of carbonyl (C=O) groups is 3. The lowest BCUT2D eigenvalue weighted by atomic mass is 9.95. The quantitative estimate of drug-likeness (QED) is 0.633. The highest BCUT2D eigenvalue weighted by Gasteiger charge is 2.16. The molecule has 0 atom stereocenters. The molecule has 1 aliphatic carbocycles. The smallest absolute Gasteiger partial charge is 0.303 e. The van der Waals surface area contributed by atoms with E-state index in [1.165, 1.54) is 17.3 Å². The first-order chi connectivity index (χ1) is 14.0. The van der Waals surface area contributed by atoms with Crippen LogP contribution in [0.1, 0.15) is 54.4 Å². The number of nitrogens with one attached hydrogen (secondary N) is 2. The molecule has 154 valence electrons. The Balaban J connectivity index is 1.49. The summed E-state index contributed by atoms with van der Waals surface area (Å²) in [5, 5.41) is 18.6. The van der Waals surface area contributed by atoms with Crippen LogP contribution in [0.5, 0.6) is 0 Å². The number of aromatic nitrogens is 2. The van der Waals surface area contributed by atoms with Gasteiger partial charge in [0.1, 0.15) is 6.54 Å². The Bertz CT molecular complexity index is 854. The number of carboxylic acids is 1. The average Bonchev–Trinajstić information content (AvgIpc) is 3.16. The van der Waals surface area contributed by atoms with E-state index in [-0.39, 0.29) is 30.8 Å². The van der Waals surface area contributed by atoms with Crippen molar-refractivity contribution in [1.82, 2.24) is 15.1 Å². The zero-order valence-corrected chi connectivity index (χ0v) is 16.3. The van der Waals surface area contributed by atoms with Gasteiger partial charge in [-0.15, -0.1) is 0 Å². The fourth-order valence-electron chi connectivity index (χ4n) is 3.44.